The number of benzene rings is 3. The Morgan fingerprint density at radius 2 is 1.12 bits per heavy atom. The van der Waals surface area contributed by atoms with Gasteiger partial charge in [0, 0.05) is 0 Å². The molecule has 25 heavy (non-hydrogen) atoms. The Morgan fingerprint density at radius 1 is 0.640 bits per heavy atom. The maximum Gasteiger partial charge on any atom is 0.181 e. The van der Waals surface area contributed by atoms with Gasteiger partial charge in [-0.3, -0.25) is 0 Å². The molecular weight excluding hydrogens is 407 g/mol. The highest BCUT2D eigenvalue weighted by atomic mass is 79.9. The summed E-state index contributed by atoms with van der Waals surface area (Å²) in [7, 11) is 0. The van der Waals surface area contributed by atoms with Gasteiger partial charge in [0.15, 0.2) is 21.5 Å². The van der Waals surface area contributed by atoms with E-state index in [1.165, 1.54) is 34.3 Å². The lowest BCUT2D eigenvalue weighted by molar-refractivity contribution is 0.804. The molecule has 3 heteroatoms. The van der Waals surface area contributed by atoms with Gasteiger partial charge < -0.3 is 0 Å². The first-order valence-electron chi connectivity index (χ1n) is 8.65. The standard InChI is InChI=1S/C22H22BrPS/c23-24(20-10-3-1-4-11-20,21-12-5-2-6-13-21)22-16-14-19(15-17-22)9-7-8-18-25/h1-6,10-17H,7-9,18H2/p+1. The van der Waals surface area contributed by atoms with E-state index in [0.717, 1.165) is 12.2 Å². The van der Waals surface area contributed by atoms with Gasteiger partial charge in [0.05, 0.1) is 0 Å². The van der Waals surface area contributed by atoms with Crippen LogP contribution >= 0.6 is 34.1 Å². The summed E-state index contributed by atoms with van der Waals surface area (Å²) in [5, 5.41) is 4.07. The lowest BCUT2D eigenvalue weighted by Gasteiger charge is -2.20. The smallest absolute Gasteiger partial charge is 0.179 e. The molecule has 0 amide bonds. The zero-order chi connectivity index (χ0) is 17.5. The third-order valence-corrected chi connectivity index (χ3v) is 11.4. The Labute approximate surface area is 165 Å². The first-order chi connectivity index (χ1) is 12.2. The number of rotatable bonds is 7. The first-order valence-corrected chi connectivity index (χ1v) is 13.1. The summed E-state index contributed by atoms with van der Waals surface area (Å²) in [4.78, 5) is 0. The molecule has 0 fully saturated rings. The van der Waals surface area contributed by atoms with Gasteiger partial charge in [-0.25, -0.2) is 0 Å². The number of hydrogen-bond acceptors (Lipinski definition) is 1. The van der Waals surface area contributed by atoms with Crippen LogP contribution in [0.4, 0.5) is 0 Å². The van der Waals surface area contributed by atoms with Crippen LogP contribution in [0.15, 0.2) is 84.9 Å². The number of hydrogen-bond donors (Lipinski definition) is 1. The summed E-state index contributed by atoms with van der Waals surface area (Å²) in [6.07, 6.45) is 3.51. The number of halogens is 1. The van der Waals surface area contributed by atoms with E-state index < -0.39 is 5.96 Å². The van der Waals surface area contributed by atoms with Crippen molar-refractivity contribution in [1.82, 2.24) is 0 Å². The molecule has 3 aromatic carbocycles. The zero-order valence-electron chi connectivity index (χ0n) is 14.2. The van der Waals surface area contributed by atoms with Crippen LogP contribution in [0.2, 0.25) is 0 Å². The minimum Gasteiger partial charge on any atom is -0.179 e. The van der Waals surface area contributed by atoms with E-state index in [1.54, 1.807) is 0 Å². The van der Waals surface area contributed by atoms with Crippen molar-refractivity contribution >= 4 is 50.0 Å². The van der Waals surface area contributed by atoms with Crippen LogP contribution in [-0.4, -0.2) is 5.75 Å². The van der Waals surface area contributed by atoms with Crippen molar-refractivity contribution in [3.05, 3.63) is 90.5 Å². The van der Waals surface area contributed by atoms with Crippen molar-refractivity contribution in [3.8, 4) is 0 Å². The molecule has 3 aromatic rings. The molecule has 0 radical (unpaired) electrons. The highest BCUT2D eigenvalue weighted by molar-refractivity contribution is 9.44. The quantitative estimate of drug-likeness (QED) is 0.284. The summed E-state index contributed by atoms with van der Waals surface area (Å²) >= 11 is 8.50. The Hall–Kier alpha value is -1.08. The van der Waals surface area contributed by atoms with Crippen LogP contribution in [0.3, 0.4) is 0 Å². The fourth-order valence-electron chi connectivity index (χ4n) is 3.02. The number of unbranched alkanes of at least 4 members (excludes halogenated alkanes) is 1. The van der Waals surface area contributed by atoms with Crippen LogP contribution in [-0.2, 0) is 6.42 Å². The molecule has 0 aromatic heterocycles. The second-order valence-corrected chi connectivity index (χ2v) is 12.5. The summed E-state index contributed by atoms with van der Waals surface area (Å²) in [5.74, 6) is -0.809. The highest BCUT2D eigenvalue weighted by Gasteiger charge is 2.43. The van der Waals surface area contributed by atoms with Gasteiger partial charge in [0.1, 0.15) is 15.9 Å². The zero-order valence-corrected chi connectivity index (χ0v) is 17.6. The largest absolute Gasteiger partial charge is 0.181 e. The average molecular weight is 430 g/mol. The fraction of sp³-hybridized carbons (Fsp3) is 0.182. The van der Waals surface area contributed by atoms with Crippen LogP contribution in [0, 0.1) is 0 Å². The molecule has 0 aliphatic heterocycles. The molecule has 0 unspecified atom stereocenters. The van der Waals surface area contributed by atoms with Gasteiger partial charge in [-0.1, -0.05) is 48.5 Å². The molecule has 0 spiro atoms. The predicted molar refractivity (Wildman–Crippen MR) is 121 cm³/mol. The van der Waals surface area contributed by atoms with E-state index in [4.69, 9.17) is 0 Å². The van der Waals surface area contributed by atoms with Gasteiger partial charge in [0.2, 0.25) is 0 Å². The van der Waals surface area contributed by atoms with Crippen LogP contribution < -0.4 is 15.9 Å². The Bertz CT molecular complexity index is 733. The topological polar surface area (TPSA) is 0 Å². The fourth-order valence-corrected chi connectivity index (χ4v) is 7.99. The lowest BCUT2D eigenvalue weighted by Crippen LogP contribution is -2.26. The minimum atomic E-state index is -1.78. The van der Waals surface area contributed by atoms with E-state index >= 15 is 0 Å². The van der Waals surface area contributed by atoms with E-state index in [1.807, 2.05) is 0 Å². The summed E-state index contributed by atoms with van der Waals surface area (Å²) < 4.78 is 0. The third-order valence-electron chi connectivity index (χ3n) is 4.39. The maximum atomic E-state index is 4.30. The Morgan fingerprint density at radius 3 is 1.60 bits per heavy atom. The second kappa shape index (κ2) is 9.03. The first kappa shape index (κ1) is 18.7. The minimum absolute atomic E-state index is 0.968. The summed E-state index contributed by atoms with van der Waals surface area (Å²) in [6.45, 7) is 0. The summed E-state index contributed by atoms with van der Waals surface area (Å²) in [5.41, 5.74) is 1.41. The molecule has 0 saturated heterocycles. The molecule has 0 heterocycles. The van der Waals surface area contributed by atoms with Crippen molar-refractivity contribution < 1.29 is 0 Å². The van der Waals surface area contributed by atoms with Gasteiger partial charge in [0.25, 0.3) is 0 Å². The summed E-state index contributed by atoms with van der Waals surface area (Å²) in [6, 6.07) is 30.8. The predicted octanol–water partition coefficient (Wildman–Crippen LogP) is 5.54. The van der Waals surface area contributed by atoms with Crippen molar-refractivity contribution in [1.29, 1.82) is 0 Å². The van der Waals surface area contributed by atoms with Crippen molar-refractivity contribution in [3.63, 3.8) is 0 Å². The Balaban J connectivity index is 1.98. The molecule has 0 atom stereocenters. The van der Waals surface area contributed by atoms with Gasteiger partial charge >= 0.3 is 0 Å². The lowest BCUT2D eigenvalue weighted by atomic mass is 10.1. The number of aryl methyl sites for hydroxylation is 1. The normalized spacial score (nSPS) is 11.4. The van der Waals surface area contributed by atoms with Crippen LogP contribution in [0.5, 0.6) is 0 Å². The SMILES string of the molecule is SCCCCc1ccc([P+](Br)(c2ccccc2)c2ccccc2)cc1. The molecular formula is C22H23BrPS+. The molecule has 0 aliphatic rings. The van der Waals surface area contributed by atoms with Gasteiger partial charge in [-0.15, -0.1) is 0 Å². The maximum absolute atomic E-state index is 4.30. The molecule has 128 valence electrons. The molecule has 0 bridgehead atoms. The van der Waals surface area contributed by atoms with Crippen molar-refractivity contribution in [2.24, 2.45) is 0 Å². The van der Waals surface area contributed by atoms with Gasteiger partial charge in [-0.05, 0) is 67.0 Å². The third kappa shape index (κ3) is 4.37. The van der Waals surface area contributed by atoms with Gasteiger partial charge in [-0.2, -0.15) is 12.6 Å². The molecule has 0 N–H and O–H groups in total. The number of thiol groups is 1. The molecule has 0 nitrogen and oxygen atoms in total. The van der Waals surface area contributed by atoms with E-state index in [2.05, 4.69) is 113 Å². The van der Waals surface area contributed by atoms with Crippen molar-refractivity contribution in [2.45, 2.75) is 19.3 Å². The van der Waals surface area contributed by atoms with Crippen LogP contribution in [0.1, 0.15) is 18.4 Å². The van der Waals surface area contributed by atoms with Crippen LogP contribution in [0.25, 0.3) is 0 Å². The van der Waals surface area contributed by atoms with E-state index in [0.29, 0.717) is 0 Å². The monoisotopic (exact) mass is 429 g/mol. The molecule has 0 saturated carbocycles. The van der Waals surface area contributed by atoms with E-state index in [-0.39, 0.29) is 0 Å². The van der Waals surface area contributed by atoms with Crippen molar-refractivity contribution in [2.75, 3.05) is 5.75 Å². The molecule has 3 rings (SSSR count). The highest BCUT2D eigenvalue weighted by Crippen LogP contribution is 2.62. The Kier molecular flexibility index (Phi) is 6.76. The second-order valence-electron chi connectivity index (χ2n) is 6.11. The van der Waals surface area contributed by atoms with E-state index in [9.17, 15) is 0 Å². The average Bonchev–Trinajstić information content (AvgIpc) is 2.69. The molecule has 0 aliphatic carbocycles.